The second-order valence-corrected chi connectivity index (χ2v) is 3.56. The van der Waals surface area contributed by atoms with Gasteiger partial charge in [0.05, 0.1) is 5.56 Å². The van der Waals surface area contributed by atoms with Crippen molar-refractivity contribution in [2.24, 2.45) is 0 Å². The summed E-state index contributed by atoms with van der Waals surface area (Å²) in [6.45, 7) is 0. The third-order valence-corrected chi connectivity index (χ3v) is 2.35. The van der Waals surface area contributed by atoms with E-state index >= 15 is 0 Å². The molecule has 2 aromatic rings. The Morgan fingerprint density at radius 3 is 2.71 bits per heavy atom. The van der Waals surface area contributed by atoms with Crippen molar-refractivity contribution in [1.29, 1.82) is 0 Å². The molecule has 0 saturated carbocycles. The molecule has 2 rings (SSSR count). The standard InChI is InChI=1S/C12H10N2O3/c13-8-3-1-2-7(4-8)10-6-14-11(15)5-9(10)12(16)17/h1-6H,13H2,(H,14,15)(H,16,17). The lowest BCUT2D eigenvalue weighted by Gasteiger charge is -2.06. The first-order chi connectivity index (χ1) is 8.08. The van der Waals surface area contributed by atoms with E-state index in [1.54, 1.807) is 24.3 Å². The van der Waals surface area contributed by atoms with Crippen molar-refractivity contribution in [3.05, 3.63) is 52.4 Å². The van der Waals surface area contributed by atoms with Gasteiger partial charge in [-0.05, 0) is 17.7 Å². The van der Waals surface area contributed by atoms with Crippen molar-refractivity contribution in [3.8, 4) is 11.1 Å². The van der Waals surface area contributed by atoms with Gasteiger partial charge in [-0.15, -0.1) is 0 Å². The molecular weight excluding hydrogens is 220 g/mol. The van der Waals surface area contributed by atoms with Gasteiger partial charge in [0, 0.05) is 23.5 Å². The fraction of sp³-hybridized carbons (Fsp3) is 0. The predicted molar refractivity (Wildman–Crippen MR) is 63.9 cm³/mol. The van der Waals surface area contributed by atoms with Gasteiger partial charge in [0.1, 0.15) is 0 Å². The molecule has 0 fully saturated rings. The van der Waals surface area contributed by atoms with E-state index in [1.165, 1.54) is 6.20 Å². The van der Waals surface area contributed by atoms with Gasteiger partial charge in [0.25, 0.3) is 0 Å². The van der Waals surface area contributed by atoms with E-state index in [2.05, 4.69) is 4.98 Å². The number of nitrogen functional groups attached to an aromatic ring is 1. The number of pyridine rings is 1. The van der Waals surface area contributed by atoms with Crippen LogP contribution >= 0.6 is 0 Å². The molecule has 5 heteroatoms. The zero-order valence-electron chi connectivity index (χ0n) is 8.81. The van der Waals surface area contributed by atoms with Crippen molar-refractivity contribution in [2.45, 2.75) is 0 Å². The van der Waals surface area contributed by atoms with Crippen molar-refractivity contribution in [3.63, 3.8) is 0 Å². The molecule has 0 aliphatic rings. The van der Waals surface area contributed by atoms with Gasteiger partial charge in [-0.2, -0.15) is 0 Å². The molecule has 0 spiro atoms. The van der Waals surface area contributed by atoms with Crippen LogP contribution in [0.15, 0.2) is 41.3 Å². The lowest BCUT2D eigenvalue weighted by atomic mass is 10.0. The third kappa shape index (κ3) is 2.17. The summed E-state index contributed by atoms with van der Waals surface area (Å²) in [5, 5.41) is 9.04. The van der Waals surface area contributed by atoms with Crippen LogP contribution in [0.2, 0.25) is 0 Å². The summed E-state index contributed by atoms with van der Waals surface area (Å²) in [6.07, 6.45) is 1.38. The van der Waals surface area contributed by atoms with Gasteiger partial charge in [-0.1, -0.05) is 12.1 Å². The average molecular weight is 230 g/mol. The van der Waals surface area contributed by atoms with Gasteiger partial charge < -0.3 is 15.8 Å². The Morgan fingerprint density at radius 1 is 1.29 bits per heavy atom. The number of nitrogens with two attached hydrogens (primary N) is 1. The average Bonchev–Trinajstić information content (AvgIpc) is 2.28. The number of hydrogen-bond donors (Lipinski definition) is 3. The van der Waals surface area contributed by atoms with Crippen LogP contribution in [0.3, 0.4) is 0 Å². The van der Waals surface area contributed by atoms with E-state index in [0.717, 1.165) is 6.07 Å². The number of rotatable bonds is 2. The van der Waals surface area contributed by atoms with Gasteiger partial charge in [0.2, 0.25) is 5.56 Å². The second kappa shape index (κ2) is 4.13. The number of carbonyl (C=O) groups is 1. The van der Waals surface area contributed by atoms with Crippen LogP contribution < -0.4 is 11.3 Å². The maximum Gasteiger partial charge on any atom is 0.336 e. The van der Waals surface area contributed by atoms with Gasteiger partial charge in [0.15, 0.2) is 0 Å². The van der Waals surface area contributed by atoms with E-state index in [1.807, 2.05) is 0 Å². The maximum absolute atomic E-state index is 11.1. The van der Waals surface area contributed by atoms with Crippen molar-refractivity contribution >= 4 is 11.7 Å². The number of hydrogen-bond acceptors (Lipinski definition) is 3. The van der Waals surface area contributed by atoms with E-state index < -0.39 is 11.5 Å². The highest BCUT2D eigenvalue weighted by Gasteiger charge is 2.12. The molecule has 1 aromatic carbocycles. The Balaban J connectivity index is 2.67. The molecule has 0 aliphatic heterocycles. The smallest absolute Gasteiger partial charge is 0.336 e. The molecule has 0 bridgehead atoms. The SMILES string of the molecule is Nc1cccc(-c2c[nH]c(=O)cc2C(=O)O)c1. The van der Waals surface area contributed by atoms with Crippen LogP contribution in [0.5, 0.6) is 0 Å². The van der Waals surface area contributed by atoms with Crippen LogP contribution in [0.25, 0.3) is 11.1 Å². The summed E-state index contributed by atoms with van der Waals surface area (Å²) in [4.78, 5) is 24.6. The van der Waals surface area contributed by atoms with E-state index in [0.29, 0.717) is 16.8 Å². The molecule has 0 aliphatic carbocycles. The first kappa shape index (κ1) is 10.9. The van der Waals surface area contributed by atoms with Crippen molar-refractivity contribution in [2.75, 3.05) is 5.73 Å². The van der Waals surface area contributed by atoms with Crippen molar-refractivity contribution in [1.82, 2.24) is 4.98 Å². The quantitative estimate of drug-likeness (QED) is 0.678. The minimum Gasteiger partial charge on any atom is -0.478 e. The maximum atomic E-state index is 11.1. The monoisotopic (exact) mass is 230 g/mol. The molecule has 0 radical (unpaired) electrons. The number of aromatic nitrogens is 1. The number of carboxylic acid groups (broad SMARTS) is 1. The van der Waals surface area contributed by atoms with Crippen LogP contribution in [0.1, 0.15) is 10.4 Å². The van der Waals surface area contributed by atoms with Crippen LogP contribution in [-0.2, 0) is 0 Å². The molecule has 0 unspecified atom stereocenters. The molecule has 0 saturated heterocycles. The Kier molecular flexibility index (Phi) is 2.66. The van der Waals surface area contributed by atoms with E-state index in [9.17, 15) is 9.59 Å². The lowest BCUT2D eigenvalue weighted by molar-refractivity contribution is 0.0697. The molecule has 86 valence electrons. The number of aromatic carboxylic acids is 1. The topological polar surface area (TPSA) is 96.2 Å². The number of aromatic amines is 1. The largest absolute Gasteiger partial charge is 0.478 e. The second-order valence-electron chi connectivity index (χ2n) is 3.56. The summed E-state index contributed by atoms with van der Waals surface area (Å²) >= 11 is 0. The minimum absolute atomic E-state index is 0.0423. The predicted octanol–water partition coefficient (Wildman–Crippen LogP) is 1.32. The summed E-state index contributed by atoms with van der Waals surface area (Å²) in [7, 11) is 0. The number of anilines is 1. The highest BCUT2D eigenvalue weighted by molar-refractivity contribution is 5.95. The number of carboxylic acids is 1. The van der Waals surface area contributed by atoms with Crippen LogP contribution in [-0.4, -0.2) is 16.1 Å². The summed E-state index contributed by atoms with van der Waals surface area (Å²) < 4.78 is 0. The summed E-state index contributed by atoms with van der Waals surface area (Å²) in [6, 6.07) is 7.87. The fourth-order valence-electron chi connectivity index (χ4n) is 1.59. The molecule has 1 heterocycles. The number of benzene rings is 1. The normalized spacial score (nSPS) is 10.1. The number of H-pyrrole nitrogens is 1. The minimum atomic E-state index is -1.14. The molecule has 17 heavy (non-hydrogen) atoms. The lowest BCUT2D eigenvalue weighted by Crippen LogP contribution is -2.10. The van der Waals surface area contributed by atoms with E-state index in [4.69, 9.17) is 10.8 Å². The van der Waals surface area contributed by atoms with Crippen molar-refractivity contribution < 1.29 is 9.90 Å². The molecular formula is C12H10N2O3. The summed E-state index contributed by atoms with van der Waals surface area (Å²) in [5.41, 5.74) is 6.76. The Bertz CT molecular complexity index is 632. The highest BCUT2D eigenvalue weighted by atomic mass is 16.4. The Hall–Kier alpha value is -2.56. The molecule has 1 aromatic heterocycles. The highest BCUT2D eigenvalue weighted by Crippen LogP contribution is 2.23. The Morgan fingerprint density at radius 2 is 2.06 bits per heavy atom. The van der Waals surface area contributed by atoms with Crippen LogP contribution in [0.4, 0.5) is 5.69 Å². The Labute approximate surface area is 96.5 Å². The zero-order valence-corrected chi connectivity index (χ0v) is 8.81. The van der Waals surface area contributed by atoms with E-state index in [-0.39, 0.29) is 5.56 Å². The van der Waals surface area contributed by atoms with Gasteiger partial charge in [-0.25, -0.2) is 4.79 Å². The molecule has 0 amide bonds. The zero-order chi connectivity index (χ0) is 12.4. The molecule has 5 nitrogen and oxygen atoms in total. The van der Waals surface area contributed by atoms with Crippen LogP contribution in [0, 0.1) is 0 Å². The van der Waals surface area contributed by atoms with Gasteiger partial charge in [-0.3, -0.25) is 4.79 Å². The van der Waals surface area contributed by atoms with Gasteiger partial charge >= 0.3 is 5.97 Å². The molecule has 4 N–H and O–H groups in total. The first-order valence-electron chi connectivity index (χ1n) is 4.90. The fourth-order valence-corrected chi connectivity index (χ4v) is 1.59. The molecule has 0 atom stereocenters. The first-order valence-corrected chi connectivity index (χ1v) is 4.90. The number of nitrogens with one attached hydrogen (secondary N) is 1. The summed E-state index contributed by atoms with van der Waals surface area (Å²) in [5.74, 6) is -1.14. The third-order valence-electron chi connectivity index (χ3n) is 2.35.